The van der Waals surface area contributed by atoms with E-state index in [-0.39, 0.29) is 16.4 Å². The van der Waals surface area contributed by atoms with Gasteiger partial charge in [-0.1, -0.05) is 23.8 Å². The smallest absolute Gasteiger partial charge is 0.338 e. The van der Waals surface area contributed by atoms with Crippen LogP contribution < -0.4 is 4.72 Å². The van der Waals surface area contributed by atoms with Crippen LogP contribution in [0.5, 0.6) is 0 Å². The molecule has 2 aromatic rings. The van der Waals surface area contributed by atoms with Crippen LogP contribution >= 0.6 is 0 Å². The highest BCUT2D eigenvalue weighted by Crippen LogP contribution is 2.21. The van der Waals surface area contributed by atoms with Crippen LogP contribution in [0.2, 0.25) is 0 Å². The first-order chi connectivity index (χ1) is 13.0. The summed E-state index contributed by atoms with van der Waals surface area (Å²) in [5.74, 6) is -1.14. The number of carbonyl (C=O) groups excluding carboxylic acids is 2. The third-order valence-electron chi connectivity index (χ3n) is 4.08. The van der Waals surface area contributed by atoms with E-state index in [1.807, 2.05) is 26.0 Å². The van der Waals surface area contributed by atoms with E-state index < -0.39 is 22.1 Å². The van der Waals surface area contributed by atoms with Crippen molar-refractivity contribution in [3.63, 3.8) is 0 Å². The van der Waals surface area contributed by atoms with Gasteiger partial charge in [0.2, 0.25) is 0 Å². The van der Waals surface area contributed by atoms with Gasteiger partial charge in [-0.2, -0.15) is 0 Å². The normalized spacial score (nSPS) is 12.2. The number of rotatable bonds is 6. The number of sulfonamides is 1. The van der Waals surface area contributed by atoms with Crippen LogP contribution in [0.3, 0.4) is 0 Å². The molecule has 0 saturated carbocycles. The number of carbonyl (C=O) groups is 2. The SMILES string of the molecule is Cc1ccc(NS(=O)(=O)c2cccc(C(=O)O[C@H](C)C(=O)N(C)C)c2)c(C)c1. The lowest BCUT2D eigenvalue weighted by molar-refractivity contribution is -0.137. The summed E-state index contributed by atoms with van der Waals surface area (Å²) in [5, 5.41) is 0. The summed E-state index contributed by atoms with van der Waals surface area (Å²) < 4.78 is 33.1. The maximum atomic E-state index is 12.7. The molecule has 0 aliphatic heterocycles. The maximum Gasteiger partial charge on any atom is 0.338 e. The summed E-state index contributed by atoms with van der Waals surface area (Å²) in [6, 6.07) is 10.9. The van der Waals surface area contributed by atoms with Crippen molar-refractivity contribution in [2.45, 2.75) is 31.8 Å². The minimum Gasteiger partial charge on any atom is -0.449 e. The number of ether oxygens (including phenoxy) is 1. The van der Waals surface area contributed by atoms with Gasteiger partial charge in [-0.3, -0.25) is 9.52 Å². The zero-order valence-electron chi connectivity index (χ0n) is 16.5. The molecule has 0 heterocycles. The molecule has 1 N–H and O–H groups in total. The second-order valence-electron chi connectivity index (χ2n) is 6.73. The van der Waals surface area contributed by atoms with Crippen LogP contribution in [0.1, 0.15) is 28.4 Å². The minimum atomic E-state index is -3.90. The highest BCUT2D eigenvalue weighted by atomic mass is 32.2. The Kier molecular flexibility index (Phi) is 6.45. The fraction of sp³-hybridized carbons (Fsp3) is 0.300. The van der Waals surface area contributed by atoms with Crippen LogP contribution in [-0.2, 0) is 19.6 Å². The number of likely N-dealkylation sites (N-methyl/N-ethyl adjacent to an activating group) is 1. The Labute approximate surface area is 165 Å². The largest absolute Gasteiger partial charge is 0.449 e. The molecule has 7 nitrogen and oxygen atoms in total. The molecule has 150 valence electrons. The quantitative estimate of drug-likeness (QED) is 0.748. The Bertz CT molecular complexity index is 999. The molecule has 0 saturated heterocycles. The lowest BCUT2D eigenvalue weighted by Gasteiger charge is -2.17. The molecule has 0 fully saturated rings. The maximum absolute atomic E-state index is 12.7. The molecule has 0 aliphatic carbocycles. The molecule has 1 amide bonds. The Hall–Kier alpha value is -2.87. The summed E-state index contributed by atoms with van der Waals surface area (Å²) in [5.41, 5.74) is 2.31. The Morgan fingerprint density at radius 3 is 2.36 bits per heavy atom. The first kappa shape index (κ1) is 21.4. The van der Waals surface area contributed by atoms with E-state index in [9.17, 15) is 18.0 Å². The first-order valence-corrected chi connectivity index (χ1v) is 10.1. The third kappa shape index (κ3) is 5.10. The zero-order chi connectivity index (χ0) is 21.1. The fourth-order valence-electron chi connectivity index (χ4n) is 2.56. The second kappa shape index (κ2) is 8.43. The van der Waals surface area contributed by atoms with Gasteiger partial charge in [0, 0.05) is 14.1 Å². The Morgan fingerprint density at radius 2 is 1.75 bits per heavy atom. The summed E-state index contributed by atoms with van der Waals surface area (Å²) in [6.07, 6.45) is -0.976. The highest BCUT2D eigenvalue weighted by Gasteiger charge is 2.22. The van der Waals surface area contributed by atoms with Gasteiger partial charge in [0.15, 0.2) is 6.10 Å². The summed E-state index contributed by atoms with van der Waals surface area (Å²) in [4.78, 5) is 25.4. The summed E-state index contributed by atoms with van der Waals surface area (Å²) in [6.45, 7) is 5.19. The van der Waals surface area contributed by atoms with Gasteiger partial charge in [0.25, 0.3) is 15.9 Å². The van der Waals surface area contributed by atoms with Gasteiger partial charge in [0.1, 0.15) is 0 Å². The van der Waals surface area contributed by atoms with Crippen LogP contribution in [-0.4, -0.2) is 45.4 Å². The monoisotopic (exact) mass is 404 g/mol. The van der Waals surface area contributed by atoms with E-state index >= 15 is 0 Å². The molecular weight excluding hydrogens is 380 g/mol. The third-order valence-corrected chi connectivity index (χ3v) is 5.44. The molecule has 8 heteroatoms. The van der Waals surface area contributed by atoms with Crippen molar-refractivity contribution in [1.29, 1.82) is 0 Å². The van der Waals surface area contributed by atoms with E-state index in [0.717, 1.165) is 11.1 Å². The highest BCUT2D eigenvalue weighted by molar-refractivity contribution is 7.92. The molecule has 28 heavy (non-hydrogen) atoms. The molecule has 0 aromatic heterocycles. The van der Waals surface area contributed by atoms with Gasteiger partial charge in [-0.15, -0.1) is 0 Å². The molecule has 0 aliphatic rings. The van der Waals surface area contributed by atoms with E-state index in [1.165, 1.54) is 36.1 Å². The van der Waals surface area contributed by atoms with E-state index in [0.29, 0.717) is 5.69 Å². The molecule has 0 spiro atoms. The van der Waals surface area contributed by atoms with Crippen LogP contribution in [0.25, 0.3) is 0 Å². The van der Waals surface area contributed by atoms with Crippen molar-refractivity contribution in [2.75, 3.05) is 18.8 Å². The van der Waals surface area contributed by atoms with Crippen molar-refractivity contribution in [1.82, 2.24) is 4.90 Å². The fourth-order valence-corrected chi connectivity index (χ4v) is 3.74. The number of nitrogens with one attached hydrogen (secondary N) is 1. The van der Waals surface area contributed by atoms with Gasteiger partial charge in [0.05, 0.1) is 16.1 Å². The number of amides is 1. The number of esters is 1. The van der Waals surface area contributed by atoms with Crippen molar-refractivity contribution in [3.8, 4) is 0 Å². The van der Waals surface area contributed by atoms with E-state index in [1.54, 1.807) is 20.2 Å². The Balaban J connectivity index is 2.23. The number of hydrogen-bond donors (Lipinski definition) is 1. The molecule has 0 radical (unpaired) electrons. The van der Waals surface area contributed by atoms with E-state index in [2.05, 4.69) is 4.72 Å². The number of nitrogens with zero attached hydrogens (tertiary/aromatic N) is 1. The minimum absolute atomic E-state index is 0.0434. The van der Waals surface area contributed by atoms with Gasteiger partial charge >= 0.3 is 5.97 Å². The predicted molar refractivity (Wildman–Crippen MR) is 107 cm³/mol. The zero-order valence-corrected chi connectivity index (χ0v) is 17.3. The van der Waals surface area contributed by atoms with Crippen LogP contribution in [0.4, 0.5) is 5.69 Å². The predicted octanol–water partition coefficient (Wildman–Crippen LogP) is 2.74. The Morgan fingerprint density at radius 1 is 1.07 bits per heavy atom. The standard InChI is InChI=1S/C20H24N2O5S/c1-13-9-10-18(14(2)11-13)21-28(25,26)17-8-6-7-16(12-17)20(24)27-15(3)19(23)22(4)5/h6-12,15,21H,1-5H3/t15-/m1/s1. The molecule has 2 aromatic carbocycles. The lowest BCUT2D eigenvalue weighted by Crippen LogP contribution is -2.34. The summed E-state index contributed by atoms with van der Waals surface area (Å²) >= 11 is 0. The van der Waals surface area contributed by atoms with Crippen molar-refractivity contribution >= 4 is 27.6 Å². The summed E-state index contributed by atoms with van der Waals surface area (Å²) in [7, 11) is -0.788. The molecular formula is C20H24N2O5S. The topological polar surface area (TPSA) is 92.8 Å². The average molecular weight is 404 g/mol. The number of aryl methyl sites for hydroxylation is 2. The van der Waals surface area contributed by atoms with Crippen LogP contribution in [0.15, 0.2) is 47.4 Å². The second-order valence-corrected chi connectivity index (χ2v) is 8.41. The number of anilines is 1. The first-order valence-electron chi connectivity index (χ1n) is 8.63. The van der Waals surface area contributed by atoms with Crippen molar-refractivity contribution in [3.05, 3.63) is 59.2 Å². The average Bonchev–Trinajstić information content (AvgIpc) is 2.63. The molecule has 0 unspecified atom stereocenters. The number of hydrogen-bond acceptors (Lipinski definition) is 5. The number of benzene rings is 2. The van der Waals surface area contributed by atoms with Crippen molar-refractivity contribution < 1.29 is 22.7 Å². The van der Waals surface area contributed by atoms with E-state index in [4.69, 9.17) is 4.74 Å². The lowest BCUT2D eigenvalue weighted by atomic mass is 10.1. The van der Waals surface area contributed by atoms with Crippen molar-refractivity contribution in [2.24, 2.45) is 0 Å². The van der Waals surface area contributed by atoms with Gasteiger partial charge in [-0.25, -0.2) is 13.2 Å². The molecule has 0 bridgehead atoms. The molecule has 2 rings (SSSR count). The molecule has 1 atom stereocenters. The van der Waals surface area contributed by atoms with Gasteiger partial charge < -0.3 is 9.64 Å². The van der Waals surface area contributed by atoms with Gasteiger partial charge in [-0.05, 0) is 50.6 Å². The van der Waals surface area contributed by atoms with Crippen LogP contribution in [0, 0.1) is 13.8 Å².